The Balaban J connectivity index is 1.81. The van der Waals surface area contributed by atoms with E-state index in [1.165, 1.54) is 14.2 Å². The zero-order chi connectivity index (χ0) is 21.1. The van der Waals surface area contributed by atoms with Gasteiger partial charge in [-0.3, -0.25) is 14.4 Å². The van der Waals surface area contributed by atoms with Crippen molar-refractivity contribution in [3.05, 3.63) is 40.2 Å². The predicted molar refractivity (Wildman–Crippen MR) is 112 cm³/mol. The van der Waals surface area contributed by atoms with Crippen molar-refractivity contribution >= 4 is 50.8 Å². The number of benzene rings is 1. The molecule has 0 spiro atoms. The molecule has 0 fully saturated rings. The molecule has 152 valence electrons. The van der Waals surface area contributed by atoms with Gasteiger partial charge in [0.25, 0.3) is 11.5 Å². The second-order valence-electron chi connectivity index (χ2n) is 5.75. The number of nitrogens with two attached hydrogens (primary N) is 1. The van der Waals surface area contributed by atoms with E-state index < -0.39 is 11.5 Å². The van der Waals surface area contributed by atoms with Gasteiger partial charge in [0, 0.05) is 12.1 Å². The van der Waals surface area contributed by atoms with Crippen LogP contribution in [0.3, 0.4) is 0 Å². The number of carbonyl (C=O) groups excluding carboxylic acids is 2. The Morgan fingerprint density at radius 1 is 1.28 bits per heavy atom. The largest absolute Gasteiger partial charge is 0.506 e. The van der Waals surface area contributed by atoms with Crippen molar-refractivity contribution in [1.29, 1.82) is 0 Å². The van der Waals surface area contributed by atoms with E-state index in [2.05, 4.69) is 10.3 Å². The first kappa shape index (κ1) is 20.6. The van der Waals surface area contributed by atoms with Crippen molar-refractivity contribution in [2.45, 2.75) is 4.21 Å². The highest BCUT2D eigenvalue weighted by Crippen LogP contribution is 2.40. The Morgan fingerprint density at radius 2 is 2.03 bits per heavy atom. The summed E-state index contributed by atoms with van der Waals surface area (Å²) in [4.78, 5) is 38.4. The number of aromatic nitrogens is 1. The SMILES string of the molecule is COc1ccc(NC(=O)CSc2sc3c(O)cc(=O)[nH]c3c2C(N)=O)c(OC)c1. The lowest BCUT2D eigenvalue weighted by Crippen LogP contribution is -2.16. The summed E-state index contributed by atoms with van der Waals surface area (Å²) in [6.07, 6.45) is 0. The molecule has 11 heteroatoms. The van der Waals surface area contributed by atoms with Crippen LogP contribution in [0.1, 0.15) is 10.4 Å². The molecule has 29 heavy (non-hydrogen) atoms. The maximum absolute atomic E-state index is 12.4. The molecule has 0 radical (unpaired) electrons. The number of aromatic hydroxyl groups is 1. The second-order valence-corrected chi connectivity index (χ2v) is 8.02. The third kappa shape index (κ3) is 4.30. The summed E-state index contributed by atoms with van der Waals surface area (Å²) < 4.78 is 11.1. The molecule has 2 aromatic heterocycles. The summed E-state index contributed by atoms with van der Waals surface area (Å²) in [6, 6.07) is 5.98. The lowest BCUT2D eigenvalue weighted by molar-refractivity contribution is -0.113. The number of thioether (sulfide) groups is 1. The van der Waals surface area contributed by atoms with Crippen molar-refractivity contribution in [3.63, 3.8) is 0 Å². The van der Waals surface area contributed by atoms with Crippen LogP contribution in [0.15, 0.2) is 33.3 Å². The van der Waals surface area contributed by atoms with E-state index in [0.29, 0.717) is 26.1 Å². The number of hydrogen-bond donors (Lipinski definition) is 4. The Morgan fingerprint density at radius 3 is 2.69 bits per heavy atom. The maximum atomic E-state index is 12.4. The molecule has 3 rings (SSSR count). The number of H-pyrrole nitrogens is 1. The lowest BCUT2D eigenvalue weighted by Gasteiger charge is -2.11. The van der Waals surface area contributed by atoms with Crippen molar-refractivity contribution in [2.75, 3.05) is 25.3 Å². The monoisotopic (exact) mass is 435 g/mol. The molecule has 2 heterocycles. The molecular weight excluding hydrogens is 418 g/mol. The summed E-state index contributed by atoms with van der Waals surface area (Å²) in [5.74, 6) is -0.381. The number of methoxy groups -OCH3 is 2. The minimum atomic E-state index is -0.766. The Bertz CT molecular complexity index is 1150. The van der Waals surface area contributed by atoms with Crippen LogP contribution in [0.5, 0.6) is 17.2 Å². The molecule has 0 aliphatic rings. The number of nitrogens with one attached hydrogen (secondary N) is 2. The van der Waals surface area contributed by atoms with E-state index in [1.807, 2.05) is 0 Å². The minimum Gasteiger partial charge on any atom is -0.506 e. The fourth-order valence-electron chi connectivity index (χ4n) is 2.60. The number of pyridine rings is 1. The molecule has 2 amide bonds. The van der Waals surface area contributed by atoms with Gasteiger partial charge in [-0.15, -0.1) is 23.1 Å². The van der Waals surface area contributed by atoms with Crippen LogP contribution in [0.4, 0.5) is 5.69 Å². The van der Waals surface area contributed by atoms with Crippen molar-refractivity contribution in [3.8, 4) is 17.2 Å². The molecule has 5 N–H and O–H groups in total. The fourth-order valence-corrected chi connectivity index (χ4v) is 4.86. The van der Waals surface area contributed by atoms with Gasteiger partial charge in [-0.05, 0) is 12.1 Å². The van der Waals surface area contributed by atoms with E-state index in [9.17, 15) is 19.5 Å². The predicted octanol–water partition coefficient (Wildman–Crippen LogP) is 2.14. The molecule has 9 nitrogen and oxygen atoms in total. The zero-order valence-electron chi connectivity index (χ0n) is 15.4. The van der Waals surface area contributed by atoms with Crippen LogP contribution in [-0.2, 0) is 4.79 Å². The van der Waals surface area contributed by atoms with Gasteiger partial charge in [-0.1, -0.05) is 0 Å². The fraction of sp³-hybridized carbons (Fsp3) is 0.167. The summed E-state index contributed by atoms with van der Waals surface area (Å²) in [5.41, 5.74) is 5.58. The smallest absolute Gasteiger partial charge is 0.252 e. The highest BCUT2D eigenvalue weighted by atomic mass is 32.2. The minimum absolute atomic E-state index is 0.0344. The molecule has 0 unspecified atom stereocenters. The summed E-state index contributed by atoms with van der Waals surface area (Å²) >= 11 is 2.14. The molecule has 0 saturated heterocycles. The molecule has 1 aromatic carbocycles. The lowest BCUT2D eigenvalue weighted by atomic mass is 10.2. The molecule has 0 saturated carbocycles. The third-order valence-corrected chi connectivity index (χ3v) is 6.37. The van der Waals surface area contributed by atoms with E-state index in [4.69, 9.17) is 15.2 Å². The second kappa shape index (κ2) is 8.45. The highest BCUT2D eigenvalue weighted by Gasteiger charge is 2.21. The van der Waals surface area contributed by atoms with Crippen LogP contribution < -0.4 is 26.1 Å². The molecule has 0 aliphatic carbocycles. The van der Waals surface area contributed by atoms with Gasteiger partial charge in [0.15, 0.2) is 0 Å². The number of amides is 2. The molecule has 0 atom stereocenters. The van der Waals surface area contributed by atoms with Gasteiger partial charge in [0.2, 0.25) is 5.91 Å². The summed E-state index contributed by atoms with van der Waals surface area (Å²) in [6.45, 7) is 0. The number of ether oxygens (including phenoxy) is 2. The van der Waals surface area contributed by atoms with Crippen LogP contribution in [0.25, 0.3) is 10.2 Å². The number of carbonyl (C=O) groups is 2. The van der Waals surface area contributed by atoms with Gasteiger partial charge >= 0.3 is 0 Å². The van der Waals surface area contributed by atoms with Crippen molar-refractivity contribution < 1.29 is 24.2 Å². The summed E-state index contributed by atoms with van der Waals surface area (Å²) in [5, 5.41) is 12.7. The number of anilines is 1. The highest BCUT2D eigenvalue weighted by molar-refractivity contribution is 8.02. The zero-order valence-corrected chi connectivity index (χ0v) is 17.0. The standard InChI is InChI=1S/C18H17N3O6S2/c1-26-8-3-4-9(11(5-8)27-2)20-13(24)7-28-18-14(17(19)25)15-16(29-18)10(22)6-12(23)21-15/h3-6H,7H2,1-2H3,(H2,19,25)(H,20,24)(H2,21,22,23). The quantitative estimate of drug-likeness (QED) is 0.416. The van der Waals surface area contributed by atoms with Crippen LogP contribution in [0, 0.1) is 0 Å². The van der Waals surface area contributed by atoms with Crippen LogP contribution in [-0.4, -0.2) is 41.9 Å². The van der Waals surface area contributed by atoms with Gasteiger partial charge in [0.05, 0.1) is 45.6 Å². The van der Waals surface area contributed by atoms with Crippen molar-refractivity contribution in [2.24, 2.45) is 5.73 Å². The average molecular weight is 435 g/mol. The van der Waals surface area contributed by atoms with Gasteiger partial charge < -0.3 is 30.6 Å². The first-order valence-electron chi connectivity index (χ1n) is 8.17. The molecule has 3 aromatic rings. The Kier molecular flexibility index (Phi) is 5.99. The number of fused-ring (bicyclic) bond motifs is 1. The number of rotatable bonds is 7. The molecule has 0 bridgehead atoms. The Labute approximate surface area is 172 Å². The number of hydrogen-bond acceptors (Lipinski definition) is 8. The number of aromatic amines is 1. The molecular formula is C18H17N3O6S2. The van der Waals surface area contributed by atoms with Gasteiger partial charge in [-0.25, -0.2) is 0 Å². The van der Waals surface area contributed by atoms with Crippen molar-refractivity contribution in [1.82, 2.24) is 4.98 Å². The summed E-state index contributed by atoms with van der Waals surface area (Å²) in [7, 11) is 3.00. The first-order chi connectivity index (χ1) is 13.8. The number of primary amides is 1. The van der Waals surface area contributed by atoms with Crippen LogP contribution >= 0.6 is 23.1 Å². The van der Waals surface area contributed by atoms with E-state index in [0.717, 1.165) is 29.2 Å². The van der Waals surface area contributed by atoms with Gasteiger partial charge in [0.1, 0.15) is 17.2 Å². The first-order valence-corrected chi connectivity index (χ1v) is 9.97. The topological polar surface area (TPSA) is 144 Å². The number of thiophene rings is 1. The van der Waals surface area contributed by atoms with Crippen LogP contribution in [0.2, 0.25) is 0 Å². The average Bonchev–Trinajstić information content (AvgIpc) is 3.05. The van der Waals surface area contributed by atoms with E-state index in [-0.39, 0.29) is 28.5 Å². The van der Waals surface area contributed by atoms with E-state index in [1.54, 1.807) is 18.2 Å². The third-order valence-electron chi connectivity index (χ3n) is 3.89. The Hall–Kier alpha value is -3.18. The van der Waals surface area contributed by atoms with Gasteiger partial charge in [-0.2, -0.15) is 0 Å². The molecule has 0 aliphatic heterocycles. The van der Waals surface area contributed by atoms with E-state index >= 15 is 0 Å². The maximum Gasteiger partial charge on any atom is 0.252 e. The normalized spacial score (nSPS) is 10.7.